The molecule has 2 rings (SSSR count). The smallest absolute Gasteiger partial charge is 0.123 e. The molecule has 0 aliphatic heterocycles. The van der Waals surface area contributed by atoms with Gasteiger partial charge in [-0.2, -0.15) is 0 Å². The summed E-state index contributed by atoms with van der Waals surface area (Å²) >= 11 is 5.83. The van der Waals surface area contributed by atoms with Gasteiger partial charge in [-0.1, -0.05) is 36.4 Å². The van der Waals surface area contributed by atoms with Gasteiger partial charge in [-0.3, -0.25) is 0 Å². The first kappa shape index (κ1) is 12.8. The summed E-state index contributed by atoms with van der Waals surface area (Å²) in [5.41, 5.74) is 0.999. The van der Waals surface area contributed by atoms with E-state index in [1.807, 2.05) is 54.6 Å². The van der Waals surface area contributed by atoms with Gasteiger partial charge in [0.2, 0.25) is 0 Å². The lowest BCUT2D eigenvalue weighted by atomic mass is 10.2. The molecule has 2 aromatic carbocycles. The zero-order valence-electron chi connectivity index (χ0n) is 10.0. The average Bonchev–Trinajstić information content (AvgIpc) is 2.45. The van der Waals surface area contributed by atoms with E-state index in [4.69, 9.17) is 21.1 Å². The highest BCUT2D eigenvalue weighted by atomic mass is 35.5. The van der Waals surface area contributed by atoms with Gasteiger partial charge < -0.3 is 9.47 Å². The van der Waals surface area contributed by atoms with E-state index >= 15 is 0 Å². The van der Waals surface area contributed by atoms with E-state index in [1.54, 1.807) is 0 Å². The maximum Gasteiger partial charge on any atom is 0.123 e. The Morgan fingerprint density at radius 3 is 2.22 bits per heavy atom. The van der Waals surface area contributed by atoms with Crippen LogP contribution < -0.4 is 9.47 Å². The molecule has 2 aromatic rings. The predicted octanol–water partition coefficient (Wildman–Crippen LogP) is 3.88. The van der Waals surface area contributed by atoms with E-state index in [1.165, 1.54) is 0 Å². The van der Waals surface area contributed by atoms with Crippen LogP contribution in [0.3, 0.4) is 0 Å². The Morgan fingerprint density at radius 2 is 1.44 bits per heavy atom. The molecule has 0 radical (unpaired) electrons. The second-order valence-electron chi connectivity index (χ2n) is 3.75. The number of rotatable bonds is 6. The minimum Gasteiger partial charge on any atom is -0.490 e. The zero-order valence-corrected chi connectivity index (χ0v) is 10.8. The summed E-state index contributed by atoms with van der Waals surface area (Å²) in [6, 6.07) is 17.5. The maximum atomic E-state index is 5.83. The monoisotopic (exact) mass is 262 g/mol. The summed E-state index contributed by atoms with van der Waals surface area (Å²) in [6.07, 6.45) is 0. The van der Waals surface area contributed by atoms with Crippen LogP contribution in [0, 0.1) is 0 Å². The molecule has 0 spiro atoms. The molecule has 0 amide bonds. The molecule has 0 aliphatic rings. The first-order chi connectivity index (χ1) is 8.90. The van der Waals surface area contributed by atoms with Gasteiger partial charge in [-0.15, -0.1) is 11.6 Å². The Morgan fingerprint density at radius 1 is 0.778 bits per heavy atom. The van der Waals surface area contributed by atoms with Crippen LogP contribution in [0.2, 0.25) is 0 Å². The fraction of sp³-hybridized carbons (Fsp3) is 0.200. The molecule has 0 N–H and O–H groups in total. The van der Waals surface area contributed by atoms with Crippen LogP contribution in [0.25, 0.3) is 0 Å². The third kappa shape index (κ3) is 3.67. The first-order valence-corrected chi connectivity index (χ1v) is 6.38. The highest BCUT2D eigenvalue weighted by molar-refractivity contribution is 6.17. The molecule has 0 heterocycles. The molecule has 94 valence electrons. The van der Waals surface area contributed by atoms with Crippen molar-refractivity contribution in [3.63, 3.8) is 0 Å². The van der Waals surface area contributed by atoms with Gasteiger partial charge in [0.1, 0.15) is 24.7 Å². The van der Waals surface area contributed by atoms with E-state index in [0.717, 1.165) is 17.1 Å². The lowest BCUT2D eigenvalue weighted by molar-refractivity contribution is 0.216. The highest BCUT2D eigenvalue weighted by Gasteiger charge is 2.01. The summed E-state index contributed by atoms with van der Waals surface area (Å²) in [7, 11) is 0. The van der Waals surface area contributed by atoms with Crippen molar-refractivity contribution in [3.05, 3.63) is 60.2 Å². The summed E-state index contributed by atoms with van der Waals surface area (Å²) in [5.74, 6) is 2.13. The van der Waals surface area contributed by atoms with Crippen LogP contribution in [0.1, 0.15) is 5.56 Å². The Bertz CT molecular complexity index is 471. The normalized spacial score (nSPS) is 10.1. The minimum absolute atomic E-state index is 0.454. The molecule has 18 heavy (non-hydrogen) atoms. The molecule has 0 saturated heterocycles. The third-order valence-corrected chi connectivity index (χ3v) is 2.76. The third-order valence-electron chi connectivity index (χ3n) is 2.47. The van der Waals surface area contributed by atoms with Gasteiger partial charge in [0.15, 0.2) is 0 Å². The number of halogens is 1. The Kier molecular flexibility index (Phi) is 4.91. The highest BCUT2D eigenvalue weighted by Crippen LogP contribution is 2.19. The molecule has 0 fully saturated rings. The largest absolute Gasteiger partial charge is 0.490 e. The van der Waals surface area contributed by atoms with Gasteiger partial charge in [-0.05, 0) is 18.2 Å². The van der Waals surface area contributed by atoms with Crippen LogP contribution in [0.15, 0.2) is 54.6 Å². The second-order valence-corrected chi connectivity index (χ2v) is 4.02. The topological polar surface area (TPSA) is 18.5 Å². The second kappa shape index (κ2) is 6.92. The Hall–Kier alpha value is -1.67. The molecule has 0 saturated carbocycles. The average molecular weight is 263 g/mol. The molecule has 2 nitrogen and oxygen atoms in total. The van der Waals surface area contributed by atoms with Crippen LogP contribution in [-0.4, -0.2) is 13.2 Å². The van der Waals surface area contributed by atoms with E-state index < -0.39 is 0 Å². The van der Waals surface area contributed by atoms with Crippen LogP contribution in [0.4, 0.5) is 0 Å². The fourth-order valence-corrected chi connectivity index (χ4v) is 1.80. The van der Waals surface area contributed by atoms with Crippen molar-refractivity contribution in [1.82, 2.24) is 0 Å². The number of para-hydroxylation sites is 2. The molecule has 0 atom stereocenters. The molecule has 0 unspecified atom stereocenters. The van der Waals surface area contributed by atoms with Crippen molar-refractivity contribution in [2.45, 2.75) is 5.88 Å². The van der Waals surface area contributed by atoms with Crippen LogP contribution in [0.5, 0.6) is 11.5 Å². The number of benzene rings is 2. The summed E-state index contributed by atoms with van der Waals surface area (Å²) < 4.78 is 11.2. The predicted molar refractivity (Wildman–Crippen MR) is 73.4 cm³/mol. The van der Waals surface area contributed by atoms with E-state index in [-0.39, 0.29) is 0 Å². The van der Waals surface area contributed by atoms with Crippen molar-refractivity contribution >= 4 is 11.6 Å². The Labute approximate surface area is 112 Å². The summed E-state index contributed by atoms with van der Waals surface area (Å²) in [5, 5.41) is 0. The maximum absolute atomic E-state index is 5.83. The lowest BCUT2D eigenvalue weighted by Crippen LogP contribution is -2.09. The van der Waals surface area contributed by atoms with E-state index in [9.17, 15) is 0 Å². The molecule has 3 heteroatoms. The van der Waals surface area contributed by atoms with Gasteiger partial charge >= 0.3 is 0 Å². The zero-order chi connectivity index (χ0) is 12.6. The molecule has 0 bridgehead atoms. The van der Waals surface area contributed by atoms with Crippen LogP contribution in [-0.2, 0) is 5.88 Å². The number of hydrogen-bond acceptors (Lipinski definition) is 2. The van der Waals surface area contributed by atoms with E-state index in [0.29, 0.717) is 19.1 Å². The summed E-state index contributed by atoms with van der Waals surface area (Å²) in [4.78, 5) is 0. The molecule has 0 aromatic heterocycles. The summed E-state index contributed by atoms with van der Waals surface area (Å²) in [6.45, 7) is 1.02. The standard InChI is InChI=1S/C15H15ClO2/c16-12-13-6-4-5-9-15(13)18-11-10-17-14-7-2-1-3-8-14/h1-9H,10-12H2. The molecular formula is C15H15ClO2. The van der Waals surface area contributed by atoms with Crippen molar-refractivity contribution in [2.75, 3.05) is 13.2 Å². The fourth-order valence-electron chi connectivity index (χ4n) is 1.58. The van der Waals surface area contributed by atoms with E-state index in [2.05, 4.69) is 0 Å². The first-order valence-electron chi connectivity index (χ1n) is 5.84. The SMILES string of the molecule is ClCc1ccccc1OCCOc1ccccc1. The van der Waals surface area contributed by atoms with Crippen molar-refractivity contribution in [2.24, 2.45) is 0 Å². The molecule has 0 aliphatic carbocycles. The number of ether oxygens (including phenoxy) is 2. The van der Waals surface area contributed by atoms with Gasteiger partial charge in [-0.25, -0.2) is 0 Å². The van der Waals surface area contributed by atoms with Crippen molar-refractivity contribution in [3.8, 4) is 11.5 Å². The van der Waals surface area contributed by atoms with Gasteiger partial charge in [0, 0.05) is 5.56 Å². The number of alkyl halides is 1. The molecular weight excluding hydrogens is 248 g/mol. The van der Waals surface area contributed by atoms with Crippen LogP contribution >= 0.6 is 11.6 Å². The quantitative estimate of drug-likeness (QED) is 0.581. The van der Waals surface area contributed by atoms with Crippen molar-refractivity contribution < 1.29 is 9.47 Å². The van der Waals surface area contributed by atoms with Gasteiger partial charge in [0.05, 0.1) is 5.88 Å². The Balaban J connectivity index is 1.78. The number of hydrogen-bond donors (Lipinski definition) is 0. The lowest BCUT2D eigenvalue weighted by Gasteiger charge is -2.10. The minimum atomic E-state index is 0.454. The van der Waals surface area contributed by atoms with Gasteiger partial charge in [0.25, 0.3) is 0 Å². The van der Waals surface area contributed by atoms with Crippen molar-refractivity contribution in [1.29, 1.82) is 0 Å².